The number of nitrogens with one attached hydrogen (secondary N) is 2. The summed E-state index contributed by atoms with van der Waals surface area (Å²) in [5.74, 6) is 0.288. The van der Waals surface area contributed by atoms with Crippen LogP contribution in [0, 0.1) is 0 Å². The van der Waals surface area contributed by atoms with E-state index in [2.05, 4.69) is 30.5 Å². The minimum atomic E-state index is -4.81. The number of aromatic amines is 1. The summed E-state index contributed by atoms with van der Waals surface area (Å²) in [5, 5.41) is 21.9. The number of hydrogen-bond acceptors (Lipinski definition) is 6. The second kappa shape index (κ2) is 6.79. The fourth-order valence-corrected chi connectivity index (χ4v) is 3.51. The Bertz CT molecular complexity index is 1450. The average molecular weight is 442 g/mol. The maximum atomic E-state index is 13.2. The smallest absolute Gasteiger partial charge is 0.376 e. The molecule has 164 valence electrons. The maximum absolute atomic E-state index is 13.2. The standard InChI is InChI=1S/C20H17F3N8O/c1-19(32,20(21,22)23)14-9-25-15-7-12(3-4-13(14)15)27-18-28-17-16(11-8-26-30(2)10-11)24-5-6-31(17)29-18/h3-10,25,32H,1-2H3,(H,27,29). The number of aromatic nitrogens is 7. The molecule has 0 spiro atoms. The fraction of sp³-hybridized carbons (Fsp3) is 0.200. The molecule has 0 aliphatic rings. The molecule has 0 saturated heterocycles. The summed E-state index contributed by atoms with van der Waals surface area (Å²) >= 11 is 0. The number of fused-ring (bicyclic) bond motifs is 2. The average Bonchev–Trinajstić information content (AvgIpc) is 3.44. The highest BCUT2D eigenvalue weighted by molar-refractivity contribution is 5.87. The van der Waals surface area contributed by atoms with Crippen LogP contribution in [0.3, 0.4) is 0 Å². The van der Waals surface area contributed by atoms with Crippen LogP contribution in [0.1, 0.15) is 12.5 Å². The van der Waals surface area contributed by atoms with Gasteiger partial charge in [-0.2, -0.15) is 23.3 Å². The van der Waals surface area contributed by atoms with E-state index in [1.165, 1.54) is 6.07 Å². The molecule has 0 amide bonds. The van der Waals surface area contributed by atoms with Gasteiger partial charge in [-0.05, 0) is 19.1 Å². The first-order valence-electron chi connectivity index (χ1n) is 9.51. The number of hydrogen-bond donors (Lipinski definition) is 3. The highest BCUT2D eigenvalue weighted by Crippen LogP contribution is 2.41. The molecule has 5 aromatic rings. The molecule has 4 aromatic heterocycles. The van der Waals surface area contributed by atoms with E-state index in [0.717, 1.165) is 18.7 Å². The molecule has 0 aliphatic carbocycles. The number of nitrogens with zero attached hydrogens (tertiary/aromatic N) is 6. The molecule has 0 radical (unpaired) electrons. The first-order valence-corrected chi connectivity index (χ1v) is 9.51. The van der Waals surface area contributed by atoms with Crippen molar-refractivity contribution in [2.45, 2.75) is 18.7 Å². The quantitative estimate of drug-likeness (QED) is 0.393. The van der Waals surface area contributed by atoms with Crippen molar-refractivity contribution in [3.63, 3.8) is 0 Å². The molecule has 0 aliphatic heterocycles. The summed E-state index contributed by atoms with van der Waals surface area (Å²) in [4.78, 5) is 11.7. The van der Waals surface area contributed by atoms with Gasteiger partial charge in [-0.1, -0.05) is 6.07 Å². The summed E-state index contributed by atoms with van der Waals surface area (Å²) in [7, 11) is 1.80. The van der Waals surface area contributed by atoms with Crippen LogP contribution >= 0.6 is 0 Å². The third-order valence-corrected chi connectivity index (χ3v) is 5.25. The van der Waals surface area contributed by atoms with Gasteiger partial charge in [-0.15, -0.1) is 5.10 Å². The topological polar surface area (TPSA) is 109 Å². The van der Waals surface area contributed by atoms with Gasteiger partial charge in [0.2, 0.25) is 5.95 Å². The van der Waals surface area contributed by atoms with Crippen LogP contribution in [0.4, 0.5) is 24.8 Å². The van der Waals surface area contributed by atoms with Gasteiger partial charge in [0.15, 0.2) is 11.2 Å². The SMILES string of the molecule is Cn1cc(-c2nccn3nc(Nc4ccc5c(C(C)(O)C(F)(F)F)c[nH]c5c4)nc23)cn1. The van der Waals surface area contributed by atoms with Gasteiger partial charge in [0, 0.05) is 59.6 Å². The van der Waals surface area contributed by atoms with Crippen molar-refractivity contribution in [3.05, 3.63) is 54.7 Å². The predicted molar refractivity (Wildman–Crippen MR) is 110 cm³/mol. The van der Waals surface area contributed by atoms with E-state index in [1.807, 2.05) is 6.20 Å². The first-order chi connectivity index (χ1) is 15.1. The van der Waals surface area contributed by atoms with E-state index in [1.54, 1.807) is 47.0 Å². The van der Waals surface area contributed by atoms with Gasteiger partial charge in [-0.25, -0.2) is 4.52 Å². The Kier molecular flexibility index (Phi) is 4.24. The monoisotopic (exact) mass is 442 g/mol. The molecule has 0 fully saturated rings. The van der Waals surface area contributed by atoms with Crippen molar-refractivity contribution in [1.29, 1.82) is 0 Å². The zero-order valence-electron chi connectivity index (χ0n) is 16.9. The Morgan fingerprint density at radius 2 is 2.03 bits per heavy atom. The van der Waals surface area contributed by atoms with Crippen molar-refractivity contribution < 1.29 is 18.3 Å². The minimum absolute atomic E-state index is 0.246. The zero-order chi connectivity index (χ0) is 22.7. The van der Waals surface area contributed by atoms with Crippen LogP contribution in [0.2, 0.25) is 0 Å². The maximum Gasteiger partial charge on any atom is 0.421 e. The van der Waals surface area contributed by atoms with Gasteiger partial charge in [0.05, 0.1) is 6.20 Å². The van der Waals surface area contributed by atoms with E-state index < -0.39 is 11.8 Å². The van der Waals surface area contributed by atoms with Crippen molar-refractivity contribution in [2.75, 3.05) is 5.32 Å². The van der Waals surface area contributed by atoms with Crippen LogP contribution < -0.4 is 5.32 Å². The first kappa shape index (κ1) is 20.0. The molecular weight excluding hydrogens is 425 g/mol. The third kappa shape index (κ3) is 3.15. The highest BCUT2D eigenvalue weighted by Gasteiger charge is 2.52. The van der Waals surface area contributed by atoms with E-state index in [9.17, 15) is 18.3 Å². The number of anilines is 2. The van der Waals surface area contributed by atoms with Crippen molar-refractivity contribution in [2.24, 2.45) is 7.05 Å². The fourth-order valence-electron chi connectivity index (χ4n) is 3.51. The number of H-pyrrole nitrogens is 1. The largest absolute Gasteiger partial charge is 0.421 e. The lowest BCUT2D eigenvalue weighted by Gasteiger charge is -2.25. The third-order valence-electron chi connectivity index (χ3n) is 5.25. The molecule has 1 atom stereocenters. The van der Waals surface area contributed by atoms with Gasteiger partial charge in [0.25, 0.3) is 0 Å². The van der Waals surface area contributed by atoms with Gasteiger partial charge in [0.1, 0.15) is 5.69 Å². The predicted octanol–water partition coefficient (Wildman–Crippen LogP) is 3.52. The summed E-state index contributed by atoms with van der Waals surface area (Å²) in [5.41, 5.74) is -0.314. The normalized spacial score (nSPS) is 14.2. The molecule has 1 unspecified atom stereocenters. The summed E-state index contributed by atoms with van der Waals surface area (Å²) < 4.78 is 43.0. The van der Waals surface area contributed by atoms with Crippen LogP contribution in [-0.4, -0.2) is 45.6 Å². The lowest BCUT2D eigenvalue weighted by atomic mass is 9.95. The van der Waals surface area contributed by atoms with Gasteiger partial charge in [-0.3, -0.25) is 9.67 Å². The van der Waals surface area contributed by atoms with Crippen LogP contribution in [-0.2, 0) is 12.6 Å². The van der Waals surface area contributed by atoms with E-state index >= 15 is 0 Å². The molecule has 0 bridgehead atoms. The molecule has 0 saturated carbocycles. The molecule has 3 N–H and O–H groups in total. The number of aryl methyl sites for hydroxylation is 1. The van der Waals surface area contributed by atoms with Gasteiger partial charge < -0.3 is 15.4 Å². The van der Waals surface area contributed by atoms with Crippen molar-refractivity contribution in [3.8, 4) is 11.3 Å². The van der Waals surface area contributed by atoms with Gasteiger partial charge >= 0.3 is 6.18 Å². The Balaban J connectivity index is 1.49. The second-order valence-corrected chi connectivity index (χ2v) is 7.54. The van der Waals surface area contributed by atoms with Crippen molar-refractivity contribution >= 4 is 28.2 Å². The number of rotatable bonds is 4. The number of benzene rings is 1. The van der Waals surface area contributed by atoms with Crippen LogP contribution in [0.25, 0.3) is 27.8 Å². The zero-order valence-corrected chi connectivity index (χ0v) is 16.9. The summed E-state index contributed by atoms with van der Waals surface area (Å²) in [6, 6.07) is 4.72. The lowest BCUT2D eigenvalue weighted by Crippen LogP contribution is -2.39. The van der Waals surface area contributed by atoms with E-state index in [0.29, 0.717) is 22.5 Å². The number of alkyl halides is 3. The molecule has 4 heterocycles. The highest BCUT2D eigenvalue weighted by atomic mass is 19.4. The van der Waals surface area contributed by atoms with Crippen LogP contribution in [0.15, 0.2) is 49.2 Å². The second-order valence-electron chi connectivity index (χ2n) is 7.54. The number of halogens is 3. The number of aliphatic hydroxyl groups is 1. The van der Waals surface area contributed by atoms with Crippen LogP contribution in [0.5, 0.6) is 0 Å². The van der Waals surface area contributed by atoms with Crippen molar-refractivity contribution in [1.82, 2.24) is 34.3 Å². The molecule has 5 rings (SSSR count). The molecule has 9 nitrogen and oxygen atoms in total. The molecule has 12 heteroatoms. The Morgan fingerprint density at radius 1 is 1.22 bits per heavy atom. The van der Waals surface area contributed by atoms with E-state index in [-0.39, 0.29) is 16.9 Å². The summed E-state index contributed by atoms with van der Waals surface area (Å²) in [6.45, 7) is 0.732. The molecule has 32 heavy (non-hydrogen) atoms. The Morgan fingerprint density at radius 3 is 2.75 bits per heavy atom. The lowest BCUT2D eigenvalue weighted by molar-refractivity contribution is -0.258. The summed E-state index contributed by atoms with van der Waals surface area (Å²) in [6.07, 6.45) is 3.11. The molecule has 1 aromatic carbocycles. The Labute approximate surface area is 178 Å². The minimum Gasteiger partial charge on any atom is -0.376 e. The Hall–Kier alpha value is -3.93. The van der Waals surface area contributed by atoms with E-state index in [4.69, 9.17) is 0 Å². The molecular formula is C20H17F3N8O.